The zero-order valence-corrected chi connectivity index (χ0v) is 22.1. The van der Waals surface area contributed by atoms with Gasteiger partial charge in [-0.2, -0.15) is 4.39 Å². The summed E-state index contributed by atoms with van der Waals surface area (Å²) in [5.74, 6) is -3.29. The molecule has 2 aromatic heterocycles. The monoisotopic (exact) mass is 567 g/mol. The number of nitrogens with one attached hydrogen (secondary N) is 2. The molecule has 0 saturated heterocycles. The smallest absolute Gasteiger partial charge is 0.237 e. The minimum atomic E-state index is -4.00. The number of hydrogen-bond donors (Lipinski definition) is 3. The Hall–Kier alpha value is -4.16. The highest BCUT2D eigenvalue weighted by Crippen LogP contribution is 2.34. The van der Waals surface area contributed by atoms with Gasteiger partial charge in [-0.1, -0.05) is 30.3 Å². The molecule has 0 unspecified atom stereocenters. The van der Waals surface area contributed by atoms with Crippen LogP contribution in [0.4, 0.5) is 20.4 Å². The van der Waals surface area contributed by atoms with Crippen molar-refractivity contribution in [3.05, 3.63) is 90.3 Å². The molecule has 12 heteroatoms. The van der Waals surface area contributed by atoms with E-state index in [4.69, 9.17) is 4.74 Å². The normalized spacial score (nSPS) is 17.3. The second kappa shape index (κ2) is 11.9. The predicted octanol–water partition coefficient (Wildman–Crippen LogP) is 5.27. The van der Waals surface area contributed by atoms with Crippen LogP contribution in [0.1, 0.15) is 31.2 Å². The van der Waals surface area contributed by atoms with Crippen LogP contribution < -0.4 is 14.8 Å². The van der Waals surface area contributed by atoms with E-state index in [1.807, 2.05) is 0 Å². The first-order valence-corrected chi connectivity index (χ1v) is 14.4. The number of rotatable bonds is 9. The van der Waals surface area contributed by atoms with Gasteiger partial charge in [0, 0.05) is 18.4 Å². The molecule has 5 rings (SSSR count). The van der Waals surface area contributed by atoms with Gasteiger partial charge in [-0.25, -0.2) is 27.8 Å². The van der Waals surface area contributed by atoms with Gasteiger partial charge in [0.2, 0.25) is 27.7 Å². The van der Waals surface area contributed by atoms with Crippen LogP contribution in [0.25, 0.3) is 11.3 Å². The molecule has 0 bridgehead atoms. The predicted molar refractivity (Wildman–Crippen MR) is 146 cm³/mol. The zero-order valence-electron chi connectivity index (χ0n) is 21.3. The standard InChI is InChI=1S/C28H27F2N5O4S/c29-25-23(35-40(37,38)17-18-5-2-1-3-6-18)12-13-24(26(25)30)39-27-21(7-4-15-31-27)22-14-16-32-28(34-22)33-19-8-10-20(36)11-9-19/h1-7,12-16,19-20,35-36H,8-11,17H2,(H,32,33,34). The zero-order chi connectivity index (χ0) is 28.1. The van der Waals surface area contributed by atoms with Crippen molar-refractivity contribution in [3.63, 3.8) is 0 Å². The van der Waals surface area contributed by atoms with E-state index in [9.17, 15) is 17.9 Å². The average molecular weight is 568 g/mol. The van der Waals surface area contributed by atoms with Crippen molar-refractivity contribution in [2.75, 3.05) is 10.0 Å². The lowest BCUT2D eigenvalue weighted by molar-refractivity contribution is 0.126. The van der Waals surface area contributed by atoms with E-state index in [2.05, 4.69) is 25.0 Å². The number of pyridine rings is 1. The highest BCUT2D eigenvalue weighted by atomic mass is 32.2. The Morgan fingerprint density at radius 3 is 2.45 bits per heavy atom. The Morgan fingerprint density at radius 2 is 1.68 bits per heavy atom. The number of aromatic nitrogens is 3. The van der Waals surface area contributed by atoms with Gasteiger partial charge < -0.3 is 15.2 Å². The van der Waals surface area contributed by atoms with Crippen LogP contribution in [-0.2, 0) is 15.8 Å². The lowest BCUT2D eigenvalue weighted by atomic mass is 9.93. The Kier molecular flexibility index (Phi) is 8.17. The average Bonchev–Trinajstić information content (AvgIpc) is 2.95. The number of benzene rings is 2. The number of hydrogen-bond acceptors (Lipinski definition) is 8. The van der Waals surface area contributed by atoms with Gasteiger partial charge in [-0.3, -0.25) is 4.72 Å². The van der Waals surface area contributed by atoms with E-state index >= 15 is 4.39 Å². The van der Waals surface area contributed by atoms with Gasteiger partial charge in [0.1, 0.15) is 0 Å². The minimum Gasteiger partial charge on any atom is -0.435 e. The molecular weight excluding hydrogens is 540 g/mol. The number of ether oxygens (including phenoxy) is 1. The largest absolute Gasteiger partial charge is 0.435 e. The third kappa shape index (κ3) is 6.69. The van der Waals surface area contributed by atoms with Crippen LogP contribution in [0.15, 0.2) is 73.1 Å². The molecule has 1 aliphatic rings. The molecule has 1 fully saturated rings. The Bertz CT molecular complexity index is 1580. The van der Waals surface area contributed by atoms with Crippen molar-refractivity contribution in [1.82, 2.24) is 15.0 Å². The molecule has 208 valence electrons. The summed E-state index contributed by atoms with van der Waals surface area (Å²) in [4.78, 5) is 13.0. The summed E-state index contributed by atoms with van der Waals surface area (Å²) in [5.41, 5.74) is 0.824. The first-order chi connectivity index (χ1) is 19.3. The summed E-state index contributed by atoms with van der Waals surface area (Å²) in [6, 6.07) is 15.7. The van der Waals surface area contributed by atoms with Crippen molar-refractivity contribution >= 4 is 21.7 Å². The molecule has 2 heterocycles. The topological polar surface area (TPSA) is 126 Å². The number of aliphatic hydroxyl groups excluding tert-OH is 1. The Labute approximate surface area is 230 Å². The Morgan fingerprint density at radius 1 is 0.900 bits per heavy atom. The molecule has 0 spiro atoms. The second-order valence-electron chi connectivity index (χ2n) is 9.46. The maximum atomic E-state index is 15.0. The lowest BCUT2D eigenvalue weighted by Crippen LogP contribution is -2.28. The number of anilines is 2. The Balaban J connectivity index is 1.34. The minimum absolute atomic E-state index is 0.0244. The van der Waals surface area contributed by atoms with Crippen LogP contribution in [-0.4, -0.2) is 40.6 Å². The van der Waals surface area contributed by atoms with Gasteiger partial charge in [0.05, 0.1) is 28.8 Å². The van der Waals surface area contributed by atoms with Crippen molar-refractivity contribution < 1.29 is 27.0 Å². The van der Waals surface area contributed by atoms with Crippen LogP contribution in [0.3, 0.4) is 0 Å². The van der Waals surface area contributed by atoms with Gasteiger partial charge in [-0.05, 0) is 61.6 Å². The van der Waals surface area contributed by atoms with Crippen LogP contribution in [0.2, 0.25) is 0 Å². The number of sulfonamides is 1. The molecule has 0 atom stereocenters. The van der Waals surface area contributed by atoms with Gasteiger partial charge in [0.15, 0.2) is 11.6 Å². The van der Waals surface area contributed by atoms with Crippen molar-refractivity contribution in [2.45, 2.75) is 43.6 Å². The maximum Gasteiger partial charge on any atom is 0.237 e. The summed E-state index contributed by atoms with van der Waals surface area (Å²) < 4.78 is 62.7. The SMILES string of the molecule is O=S(=O)(Cc1ccccc1)Nc1ccc(Oc2ncccc2-c2ccnc(NC3CCC(O)CC3)n2)c(F)c1F. The molecule has 3 N–H and O–H groups in total. The molecule has 0 radical (unpaired) electrons. The maximum absolute atomic E-state index is 15.0. The number of nitrogens with zero attached hydrogens (tertiary/aromatic N) is 3. The van der Waals surface area contributed by atoms with Gasteiger partial charge in [0.25, 0.3) is 0 Å². The van der Waals surface area contributed by atoms with E-state index in [1.54, 1.807) is 54.7 Å². The molecule has 0 aliphatic heterocycles. The number of aliphatic hydroxyl groups is 1. The third-order valence-corrected chi connectivity index (χ3v) is 7.70. The third-order valence-electron chi connectivity index (χ3n) is 6.45. The van der Waals surface area contributed by atoms with E-state index in [1.165, 1.54) is 6.20 Å². The fraction of sp³-hybridized carbons (Fsp3) is 0.250. The molecule has 0 amide bonds. The second-order valence-corrected chi connectivity index (χ2v) is 11.2. The fourth-order valence-electron chi connectivity index (χ4n) is 4.44. The van der Waals surface area contributed by atoms with Gasteiger partial charge in [-0.15, -0.1) is 0 Å². The number of halogens is 2. The first-order valence-electron chi connectivity index (χ1n) is 12.7. The van der Waals surface area contributed by atoms with Gasteiger partial charge >= 0.3 is 0 Å². The van der Waals surface area contributed by atoms with E-state index < -0.39 is 38.8 Å². The fourth-order valence-corrected chi connectivity index (χ4v) is 5.64. The summed E-state index contributed by atoms with van der Waals surface area (Å²) in [6.07, 6.45) is 5.70. The highest BCUT2D eigenvalue weighted by Gasteiger charge is 2.22. The molecular formula is C28H27F2N5O4S. The van der Waals surface area contributed by atoms with Crippen LogP contribution in [0.5, 0.6) is 11.6 Å². The summed E-state index contributed by atoms with van der Waals surface area (Å²) in [7, 11) is -4.00. The highest BCUT2D eigenvalue weighted by molar-refractivity contribution is 7.91. The molecule has 1 aliphatic carbocycles. The quantitative estimate of drug-likeness (QED) is 0.250. The molecule has 1 saturated carbocycles. The summed E-state index contributed by atoms with van der Waals surface area (Å²) >= 11 is 0. The van der Waals surface area contributed by atoms with Crippen molar-refractivity contribution in [3.8, 4) is 22.9 Å². The molecule has 2 aromatic carbocycles. The molecule has 4 aromatic rings. The van der Waals surface area contributed by atoms with Crippen LogP contribution >= 0.6 is 0 Å². The van der Waals surface area contributed by atoms with E-state index in [0.717, 1.165) is 25.0 Å². The van der Waals surface area contributed by atoms with E-state index in [0.29, 0.717) is 35.6 Å². The molecule has 9 nitrogen and oxygen atoms in total. The van der Waals surface area contributed by atoms with Crippen LogP contribution in [0, 0.1) is 11.6 Å². The molecule has 40 heavy (non-hydrogen) atoms. The first kappa shape index (κ1) is 27.4. The summed E-state index contributed by atoms with van der Waals surface area (Å²) in [5, 5.41) is 13.0. The van der Waals surface area contributed by atoms with Crippen molar-refractivity contribution in [2.24, 2.45) is 0 Å². The summed E-state index contributed by atoms with van der Waals surface area (Å²) in [6.45, 7) is 0. The lowest BCUT2D eigenvalue weighted by Gasteiger charge is -2.26. The van der Waals surface area contributed by atoms with E-state index in [-0.39, 0.29) is 18.0 Å². The van der Waals surface area contributed by atoms with Crippen molar-refractivity contribution in [1.29, 1.82) is 0 Å².